The maximum absolute atomic E-state index is 13.8. The molecule has 2 rings (SSSR count). The molecule has 0 saturated heterocycles. The standard InChI is InChI=1S/C15H17F2N3/c1-20(10-12-4-2-3-7-19-12)15(9-18)13-8-11(16)5-6-14(13)17/h2-8,15H,9-10,18H2,1H3. The average molecular weight is 277 g/mol. The zero-order chi connectivity index (χ0) is 14.5. The molecule has 0 saturated carbocycles. The predicted molar refractivity (Wildman–Crippen MR) is 73.9 cm³/mol. The number of hydrogen-bond donors (Lipinski definition) is 1. The van der Waals surface area contributed by atoms with Crippen LogP contribution in [0.3, 0.4) is 0 Å². The first-order chi connectivity index (χ1) is 9.61. The molecule has 1 aromatic carbocycles. The maximum atomic E-state index is 13.8. The first kappa shape index (κ1) is 14.6. The Morgan fingerprint density at radius 3 is 2.70 bits per heavy atom. The lowest BCUT2D eigenvalue weighted by molar-refractivity contribution is 0.233. The van der Waals surface area contributed by atoms with E-state index in [9.17, 15) is 8.78 Å². The highest BCUT2D eigenvalue weighted by atomic mass is 19.1. The van der Waals surface area contributed by atoms with Crippen LogP contribution in [0, 0.1) is 11.6 Å². The fourth-order valence-electron chi connectivity index (χ4n) is 2.17. The van der Waals surface area contributed by atoms with Gasteiger partial charge in [-0.3, -0.25) is 9.88 Å². The first-order valence-electron chi connectivity index (χ1n) is 6.37. The van der Waals surface area contributed by atoms with Crippen LogP contribution in [0.15, 0.2) is 42.6 Å². The number of likely N-dealkylation sites (N-methyl/N-ethyl adjacent to an activating group) is 1. The van der Waals surface area contributed by atoms with Crippen LogP contribution in [0.25, 0.3) is 0 Å². The number of aromatic nitrogens is 1. The van der Waals surface area contributed by atoms with Gasteiger partial charge in [-0.1, -0.05) is 6.07 Å². The minimum atomic E-state index is -0.467. The van der Waals surface area contributed by atoms with Crippen molar-refractivity contribution in [1.82, 2.24) is 9.88 Å². The smallest absolute Gasteiger partial charge is 0.128 e. The molecule has 0 radical (unpaired) electrons. The van der Waals surface area contributed by atoms with Gasteiger partial charge in [-0.15, -0.1) is 0 Å². The average Bonchev–Trinajstić information content (AvgIpc) is 2.44. The van der Waals surface area contributed by atoms with E-state index < -0.39 is 17.7 Å². The number of benzene rings is 1. The Hall–Kier alpha value is -1.85. The van der Waals surface area contributed by atoms with Crippen LogP contribution in [-0.4, -0.2) is 23.5 Å². The number of halogens is 2. The molecule has 0 aliphatic carbocycles. The van der Waals surface area contributed by atoms with Crippen molar-refractivity contribution in [1.29, 1.82) is 0 Å². The molecule has 0 bridgehead atoms. The normalized spacial score (nSPS) is 12.7. The second kappa shape index (κ2) is 6.54. The van der Waals surface area contributed by atoms with Crippen LogP contribution < -0.4 is 5.73 Å². The maximum Gasteiger partial charge on any atom is 0.128 e. The van der Waals surface area contributed by atoms with Gasteiger partial charge >= 0.3 is 0 Å². The van der Waals surface area contributed by atoms with Gasteiger partial charge in [0.05, 0.1) is 11.7 Å². The monoisotopic (exact) mass is 277 g/mol. The first-order valence-corrected chi connectivity index (χ1v) is 6.37. The van der Waals surface area contributed by atoms with Crippen molar-refractivity contribution in [3.63, 3.8) is 0 Å². The lowest BCUT2D eigenvalue weighted by Gasteiger charge is -2.27. The summed E-state index contributed by atoms with van der Waals surface area (Å²) in [6.45, 7) is 0.711. The second-order valence-corrected chi connectivity index (χ2v) is 4.65. The molecule has 2 N–H and O–H groups in total. The van der Waals surface area contributed by atoms with E-state index in [0.717, 1.165) is 17.8 Å². The Labute approximate surface area is 117 Å². The largest absolute Gasteiger partial charge is 0.329 e. The summed E-state index contributed by atoms with van der Waals surface area (Å²) in [6.07, 6.45) is 1.70. The van der Waals surface area contributed by atoms with E-state index in [0.29, 0.717) is 6.54 Å². The van der Waals surface area contributed by atoms with Crippen LogP contribution in [0.2, 0.25) is 0 Å². The zero-order valence-corrected chi connectivity index (χ0v) is 11.3. The highest BCUT2D eigenvalue weighted by Gasteiger charge is 2.20. The molecular formula is C15H17F2N3. The van der Waals surface area contributed by atoms with E-state index in [4.69, 9.17) is 5.73 Å². The fourth-order valence-corrected chi connectivity index (χ4v) is 2.17. The number of pyridine rings is 1. The van der Waals surface area contributed by atoms with Gasteiger partial charge in [0.2, 0.25) is 0 Å². The Kier molecular flexibility index (Phi) is 4.76. The third-order valence-corrected chi connectivity index (χ3v) is 3.21. The van der Waals surface area contributed by atoms with Crippen molar-refractivity contribution in [2.45, 2.75) is 12.6 Å². The molecule has 1 heterocycles. The predicted octanol–water partition coefficient (Wildman–Crippen LogP) is 2.49. The van der Waals surface area contributed by atoms with Crippen molar-refractivity contribution in [3.8, 4) is 0 Å². The molecule has 0 aliphatic heterocycles. The van der Waals surface area contributed by atoms with Crippen LogP contribution in [0.1, 0.15) is 17.3 Å². The minimum absolute atomic E-state index is 0.198. The van der Waals surface area contributed by atoms with Gasteiger partial charge in [0.1, 0.15) is 11.6 Å². The van der Waals surface area contributed by atoms with Crippen LogP contribution in [0.5, 0.6) is 0 Å². The van der Waals surface area contributed by atoms with E-state index in [1.54, 1.807) is 6.20 Å². The number of rotatable bonds is 5. The van der Waals surface area contributed by atoms with Crippen LogP contribution in [0.4, 0.5) is 8.78 Å². The van der Waals surface area contributed by atoms with Gasteiger partial charge in [-0.25, -0.2) is 8.78 Å². The topological polar surface area (TPSA) is 42.2 Å². The van der Waals surface area contributed by atoms with Crippen LogP contribution in [-0.2, 0) is 6.54 Å². The fraction of sp³-hybridized carbons (Fsp3) is 0.267. The van der Waals surface area contributed by atoms with Crippen molar-refractivity contribution in [3.05, 3.63) is 65.5 Å². The molecule has 0 aliphatic rings. The zero-order valence-electron chi connectivity index (χ0n) is 11.3. The van der Waals surface area contributed by atoms with Crippen molar-refractivity contribution < 1.29 is 8.78 Å². The van der Waals surface area contributed by atoms with E-state index in [1.807, 2.05) is 30.1 Å². The van der Waals surface area contributed by atoms with Crippen molar-refractivity contribution in [2.75, 3.05) is 13.6 Å². The highest BCUT2D eigenvalue weighted by Crippen LogP contribution is 2.23. The minimum Gasteiger partial charge on any atom is -0.329 e. The summed E-state index contributed by atoms with van der Waals surface area (Å²) in [5.41, 5.74) is 6.85. The third kappa shape index (κ3) is 3.37. The highest BCUT2D eigenvalue weighted by molar-refractivity contribution is 5.23. The van der Waals surface area contributed by atoms with E-state index in [1.165, 1.54) is 6.07 Å². The summed E-state index contributed by atoms with van der Waals surface area (Å²) in [4.78, 5) is 6.08. The SMILES string of the molecule is CN(Cc1ccccn1)C(CN)c1cc(F)ccc1F. The number of nitrogens with two attached hydrogens (primary N) is 1. The summed E-state index contributed by atoms with van der Waals surface area (Å²) in [5, 5.41) is 0. The molecule has 1 atom stereocenters. The molecule has 5 heteroatoms. The van der Waals surface area contributed by atoms with Crippen molar-refractivity contribution >= 4 is 0 Å². The summed E-state index contributed by atoms with van der Waals surface area (Å²) < 4.78 is 27.1. The number of nitrogens with zero attached hydrogens (tertiary/aromatic N) is 2. The Bertz CT molecular complexity index is 560. The summed E-state index contributed by atoms with van der Waals surface area (Å²) in [6, 6.07) is 8.63. The van der Waals surface area contributed by atoms with Gasteiger partial charge in [0.15, 0.2) is 0 Å². The lowest BCUT2D eigenvalue weighted by atomic mass is 10.0. The molecular weight excluding hydrogens is 260 g/mol. The van der Waals surface area contributed by atoms with Gasteiger partial charge in [-0.05, 0) is 37.4 Å². The lowest BCUT2D eigenvalue weighted by Crippen LogP contribution is -2.31. The second-order valence-electron chi connectivity index (χ2n) is 4.65. The summed E-state index contributed by atoms with van der Waals surface area (Å²) in [5.74, 6) is -0.916. The van der Waals surface area contributed by atoms with E-state index in [-0.39, 0.29) is 12.1 Å². The molecule has 0 spiro atoms. The van der Waals surface area contributed by atoms with Gasteiger partial charge < -0.3 is 5.73 Å². The molecule has 0 amide bonds. The van der Waals surface area contributed by atoms with Gasteiger partial charge in [0, 0.05) is 24.8 Å². The van der Waals surface area contributed by atoms with Crippen molar-refractivity contribution in [2.24, 2.45) is 5.73 Å². The van der Waals surface area contributed by atoms with E-state index in [2.05, 4.69) is 4.98 Å². The van der Waals surface area contributed by atoms with Gasteiger partial charge in [0.25, 0.3) is 0 Å². The Morgan fingerprint density at radius 1 is 1.25 bits per heavy atom. The molecule has 1 unspecified atom stereocenters. The summed E-state index contributed by atoms with van der Waals surface area (Å²) in [7, 11) is 1.82. The number of hydrogen-bond acceptors (Lipinski definition) is 3. The van der Waals surface area contributed by atoms with Crippen LogP contribution >= 0.6 is 0 Å². The molecule has 1 aromatic heterocycles. The molecule has 2 aromatic rings. The molecule has 0 fully saturated rings. The molecule has 3 nitrogen and oxygen atoms in total. The summed E-state index contributed by atoms with van der Waals surface area (Å²) >= 11 is 0. The molecule has 20 heavy (non-hydrogen) atoms. The quantitative estimate of drug-likeness (QED) is 0.913. The van der Waals surface area contributed by atoms with Gasteiger partial charge in [-0.2, -0.15) is 0 Å². The van der Waals surface area contributed by atoms with E-state index >= 15 is 0 Å². The Morgan fingerprint density at radius 2 is 2.05 bits per heavy atom. The third-order valence-electron chi connectivity index (χ3n) is 3.21. The Balaban J connectivity index is 2.21. The molecule has 106 valence electrons.